The zero-order valence-electron chi connectivity index (χ0n) is 20.4. The molecule has 0 atom stereocenters. The smallest absolute Gasteiger partial charge is 0.316 e. The van der Waals surface area contributed by atoms with Gasteiger partial charge in [0.1, 0.15) is 5.82 Å². The fourth-order valence-corrected chi connectivity index (χ4v) is 3.37. The van der Waals surface area contributed by atoms with E-state index in [2.05, 4.69) is 25.8 Å². The Morgan fingerprint density at radius 1 is 1.03 bits per heavy atom. The van der Waals surface area contributed by atoms with Crippen LogP contribution in [0.25, 0.3) is 0 Å². The number of aromatic nitrogens is 3. The Kier molecular flexibility index (Phi) is 8.43. The predicted octanol–water partition coefficient (Wildman–Crippen LogP) is 4.48. The van der Waals surface area contributed by atoms with E-state index < -0.39 is 34.8 Å². The maximum atomic E-state index is 13.5. The number of halogens is 3. The van der Waals surface area contributed by atoms with Gasteiger partial charge < -0.3 is 20.1 Å². The second kappa shape index (κ2) is 11.3. The molecule has 2 amide bonds. The lowest BCUT2D eigenvalue weighted by Crippen LogP contribution is -2.31. The number of esters is 1. The highest BCUT2D eigenvalue weighted by Crippen LogP contribution is 2.31. The van der Waals surface area contributed by atoms with Crippen molar-refractivity contribution in [2.75, 3.05) is 23.8 Å². The summed E-state index contributed by atoms with van der Waals surface area (Å²) >= 11 is 5.82. The van der Waals surface area contributed by atoms with E-state index in [0.717, 1.165) is 0 Å². The quantitative estimate of drug-likeness (QED) is 0.271. The summed E-state index contributed by atoms with van der Waals surface area (Å²) in [5, 5.41) is 10.9. The van der Waals surface area contributed by atoms with Crippen molar-refractivity contribution in [2.24, 2.45) is 0 Å². The first-order valence-electron chi connectivity index (χ1n) is 11.1. The van der Waals surface area contributed by atoms with Gasteiger partial charge in [-0.25, -0.2) is 13.8 Å². The number of pyridine rings is 1. The van der Waals surface area contributed by atoms with E-state index in [9.17, 15) is 23.2 Å². The van der Waals surface area contributed by atoms with Gasteiger partial charge in [-0.1, -0.05) is 11.6 Å². The second-order valence-corrected chi connectivity index (χ2v) is 8.58. The van der Waals surface area contributed by atoms with Gasteiger partial charge in [-0.3, -0.25) is 19.5 Å². The predicted molar refractivity (Wildman–Crippen MR) is 131 cm³/mol. The fourth-order valence-electron chi connectivity index (χ4n) is 3.14. The van der Waals surface area contributed by atoms with Gasteiger partial charge in [0, 0.05) is 12.3 Å². The molecule has 0 radical (unpaired) electrons. The van der Waals surface area contributed by atoms with Crippen molar-refractivity contribution >= 4 is 41.0 Å². The average molecular weight is 536 g/mol. The number of amides is 2. The van der Waals surface area contributed by atoms with E-state index in [1.807, 2.05) is 0 Å². The summed E-state index contributed by atoms with van der Waals surface area (Å²) in [5.74, 6) is -4.10. The Hall–Kier alpha value is -4.06. The number of ether oxygens (including phenoxy) is 2. The number of aromatic amines is 1. The van der Waals surface area contributed by atoms with E-state index in [4.69, 9.17) is 21.1 Å². The molecule has 3 rings (SSSR count). The van der Waals surface area contributed by atoms with Crippen LogP contribution in [0.4, 0.5) is 20.4 Å². The minimum Gasteiger partial charge on any atom is -0.490 e. The normalized spacial score (nSPS) is 11.1. The van der Waals surface area contributed by atoms with Crippen molar-refractivity contribution in [3.05, 3.63) is 63.9 Å². The standard InChI is InChI=1S/C24H24ClF2N5O5/c1-5-36-18-7-12(24(3,4)23(35)37-6-2)11-28-20(18)30-22(34)17-10-19(32-31-17)29-21(33)13-8-15(26)16(27)9-14(13)25/h7-11H,5-6H2,1-4H3,(H,28,30,34)(H2,29,31,32,33). The molecule has 0 saturated heterocycles. The molecule has 0 fully saturated rings. The molecule has 0 aliphatic rings. The minimum absolute atomic E-state index is 0.000440. The number of nitrogens with zero attached hydrogens (tertiary/aromatic N) is 2. The van der Waals surface area contributed by atoms with Crippen molar-refractivity contribution in [1.82, 2.24) is 15.2 Å². The Morgan fingerprint density at radius 2 is 1.73 bits per heavy atom. The molecule has 0 spiro atoms. The maximum Gasteiger partial charge on any atom is 0.316 e. The third kappa shape index (κ3) is 6.20. The number of rotatable bonds is 9. The number of H-pyrrole nitrogens is 1. The monoisotopic (exact) mass is 535 g/mol. The molecule has 2 heterocycles. The van der Waals surface area contributed by atoms with Gasteiger partial charge in [-0.05, 0) is 51.5 Å². The molecule has 2 aromatic heterocycles. The fraction of sp³-hybridized carbons (Fsp3) is 0.292. The molecule has 13 heteroatoms. The first kappa shape index (κ1) is 27.5. The summed E-state index contributed by atoms with van der Waals surface area (Å²) in [6.45, 7) is 7.31. The van der Waals surface area contributed by atoms with Crippen LogP contribution in [0, 0.1) is 11.6 Å². The average Bonchev–Trinajstić information content (AvgIpc) is 3.31. The molecule has 196 valence electrons. The van der Waals surface area contributed by atoms with Crippen LogP contribution in [0.1, 0.15) is 54.1 Å². The van der Waals surface area contributed by atoms with Gasteiger partial charge in [-0.2, -0.15) is 5.10 Å². The highest BCUT2D eigenvalue weighted by atomic mass is 35.5. The summed E-state index contributed by atoms with van der Waals surface area (Å²) in [5.41, 5.74) is -0.916. The van der Waals surface area contributed by atoms with E-state index in [-0.39, 0.29) is 46.9 Å². The van der Waals surface area contributed by atoms with Crippen LogP contribution in [0.2, 0.25) is 5.02 Å². The van der Waals surface area contributed by atoms with Gasteiger partial charge in [0.05, 0.1) is 29.2 Å². The van der Waals surface area contributed by atoms with Crippen molar-refractivity contribution in [3.8, 4) is 5.75 Å². The number of carbonyl (C=O) groups is 3. The number of nitrogens with one attached hydrogen (secondary N) is 3. The third-order valence-corrected chi connectivity index (χ3v) is 5.52. The molecule has 0 saturated carbocycles. The summed E-state index contributed by atoms with van der Waals surface area (Å²) in [7, 11) is 0. The van der Waals surface area contributed by atoms with E-state index in [1.165, 1.54) is 12.3 Å². The molecule has 37 heavy (non-hydrogen) atoms. The summed E-state index contributed by atoms with van der Waals surface area (Å²) in [6.07, 6.45) is 1.43. The van der Waals surface area contributed by atoms with Crippen LogP contribution in [0.5, 0.6) is 5.75 Å². The number of hydrogen-bond acceptors (Lipinski definition) is 7. The van der Waals surface area contributed by atoms with Gasteiger partial charge in [0.15, 0.2) is 28.9 Å². The molecule has 1 aromatic carbocycles. The zero-order valence-corrected chi connectivity index (χ0v) is 21.1. The first-order chi connectivity index (χ1) is 17.5. The van der Waals surface area contributed by atoms with E-state index in [1.54, 1.807) is 33.8 Å². The summed E-state index contributed by atoms with van der Waals surface area (Å²) in [6, 6.07) is 4.15. The SMILES string of the molecule is CCOC(=O)C(C)(C)c1cnc(NC(=O)c2cc(NC(=O)c3cc(F)c(F)cc3Cl)[nH]n2)c(OCC)c1. The molecule has 0 unspecified atom stereocenters. The Bertz CT molecular complexity index is 1350. The zero-order chi connectivity index (χ0) is 27.3. The van der Waals surface area contributed by atoms with Crippen molar-refractivity contribution in [1.29, 1.82) is 0 Å². The Labute approximate surface area is 215 Å². The molecule has 0 aliphatic heterocycles. The lowest BCUT2D eigenvalue weighted by molar-refractivity contribution is -0.148. The summed E-state index contributed by atoms with van der Waals surface area (Å²) < 4.78 is 37.5. The van der Waals surface area contributed by atoms with E-state index >= 15 is 0 Å². The molecular formula is C24H24ClF2N5O5. The highest BCUT2D eigenvalue weighted by molar-refractivity contribution is 6.34. The number of anilines is 2. The molecular weight excluding hydrogens is 512 g/mol. The lowest BCUT2D eigenvalue weighted by Gasteiger charge is -2.23. The number of carbonyl (C=O) groups excluding carboxylic acids is 3. The van der Waals surface area contributed by atoms with E-state index in [0.29, 0.717) is 17.7 Å². The topological polar surface area (TPSA) is 135 Å². The van der Waals surface area contributed by atoms with Crippen LogP contribution in [0.3, 0.4) is 0 Å². The van der Waals surface area contributed by atoms with Crippen LogP contribution in [0.15, 0.2) is 30.5 Å². The van der Waals surface area contributed by atoms with Gasteiger partial charge >= 0.3 is 5.97 Å². The first-order valence-corrected chi connectivity index (χ1v) is 11.5. The Morgan fingerprint density at radius 3 is 2.41 bits per heavy atom. The molecule has 10 nitrogen and oxygen atoms in total. The Balaban J connectivity index is 1.77. The van der Waals surface area contributed by atoms with Crippen LogP contribution in [-0.2, 0) is 14.9 Å². The molecule has 0 bridgehead atoms. The van der Waals surface area contributed by atoms with Gasteiger partial charge in [0.25, 0.3) is 11.8 Å². The van der Waals surface area contributed by atoms with Gasteiger partial charge in [0.2, 0.25) is 0 Å². The van der Waals surface area contributed by atoms with Crippen molar-refractivity contribution in [2.45, 2.75) is 33.1 Å². The minimum atomic E-state index is -1.24. The van der Waals surface area contributed by atoms with Crippen LogP contribution >= 0.6 is 11.6 Å². The number of benzene rings is 1. The molecule has 0 aliphatic carbocycles. The maximum absolute atomic E-state index is 13.5. The lowest BCUT2D eigenvalue weighted by atomic mass is 9.85. The number of hydrogen-bond donors (Lipinski definition) is 3. The largest absolute Gasteiger partial charge is 0.490 e. The molecule has 3 aromatic rings. The van der Waals surface area contributed by atoms with Crippen LogP contribution in [-0.4, -0.2) is 46.2 Å². The second-order valence-electron chi connectivity index (χ2n) is 8.17. The molecule has 3 N–H and O–H groups in total. The van der Waals surface area contributed by atoms with Crippen LogP contribution < -0.4 is 15.4 Å². The van der Waals surface area contributed by atoms with Crippen molar-refractivity contribution < 1.29 is 32.6 Å². The van der Waals surface area contributed by atoms with Gasteiger partial charge in [-0.15, -0.1) is 0 Å². The third-order valence-electron chi connectivity index (χ3n) is 5.21. The van der Waals surface area contributed by atoms with Crippen molar-refractivity contribution in [3.63, 3.8) is 0 Å². The highest BCUT2D eigenvalue weighted by Gasteiger charge is 2.33. The summed E-state index contributed by atoms with van der Waals surface area (Å²) in [4.78, 5) is 41.8.